The summed E-state index contributed by atoms with van der Waals surface area (Å²) >= 11 is 0. The lowest BCUT2D eigenvalue weighted by Crippen LogP contribution is -2.59. The van der Waals surface area contributed by atoms with E-state index in [-0.39, 0.29) is 37.1 Å². The number of methoxy groups -OCH3 is 2. The first-order valence-corrected chi connectivity index (χ1v) is 7.13. The average Bonchev–Trinajstić information content (AvgIpc) is 2.42. The van der Waals surface area contributed by atoms with Gasteiger partial charge < -0.3 is 24.1 Å². The molecule has 1 saturated heterocycles. The summed E-state index contributed by atoms with van der Waals surface area (Å²) in [6.45, 7) is 4.92. The molecule has 1 unspecified atom stereocenters. The van der Waals surface area contributed by atoms with Crippen molar-refractivity contribution in [3.63, 3.8) is 0 Å². The van der Waals surface area contributed by atoms with Crippen LogP contribution < -0.4 is 0 Å². The van der Waals surface area contributed by atoms with Gasteiger partial charge in [-0.2, -0.15) is 0 Å². The third-order valence-electron chi connectivity index (χ3n) is 3.57. The Bertz CT molecular complexity index is 236. The molecule has 0 aromatic heterocycles. The zero-order chi connectivity index (χ0) is 14.3. The highest BCUT2D eigenvalue weighted by molar-refractivity contribution is 4.93. The first-order chi connectivity index (χ1) is 9.19. The van der Waals surface area contributed by atoms with E-state index >= 15 is 0 Å². The second-order valence-electron chi connectivity index (χ2n) is 4.98. The van der Waals surface area contributed by atoms with Crippen LogP contribution in [0.25, 0.3) is 0 Å². The van der Waals surface area contributed by atoms with Gasteiger partial charge in [0.1, 0.15) is 18.3 Å². The lowest BCUT2D eigenvalue weighted by Gasteiger charge is -2.44. The van der Waals surface area contributed by atoms with E-state index in [1.807, 2.05) is 6.92 Å². The van der Waals surface area contributed by atoms with Crippen LogP contribution in [0.1, 0.15) is 33.1 Å². The SMILES string of the molecule is CCCO[C@@H]1[C@@H](OC)[C@H](C)OC(CCCO)[C@@H]1OC. The Morgan fingerprint density at radius 2 is 1.79 bits per heavy atom. The molecule has 1 N–H and O–H groups in total. The van der Waals surface area contributed by atoms with Crippen molar-refractivity contribution in [2.24, 2.45) is 0 Å². The average molecular weight is 276 g/mol. The van der Waals surface area contributed by atoms with Gasteiger partial charge in [-0.25, -0.2) is 0 Å². The number of aliphatic hydroxyl groups is 1. The zero-order valence-electron chi connectivity index (χ0n) is 12.5. The minimum atomic E-state index is -0.153. The fourth-order valence-electron chi connectivity index (χ4n) is 2.68. The maximum atomic E-state index is 8.97. The predicted octanol–water partition coefficient (Wildman–Crippen LogP) is 1.37. The third-order valence-corrected chi connectivity index (χ3v) is 3.57. The van der Waals surface area contributed by atoms with E-state index in [1.165, 1.54) is 0 Å². The minimum absolute atomic E-state index is 0.0399. The number of rotatable bonds is 8. The van der Waals surface area contributed by atoms with Crippen molar-refractivity contribution in [3.8, 4) is 0 Å². The summed E-state index contributed by atoms with van der Waals surface area (Å²) in [4.78, 5) is 0. The number of hydrogen-bond acceptors (Lipinski definition) is 5. The molecule has 1 aliphatic heterocycles. The molecule has 1 aliphatic rings. The van der Waals surface area contributed by atoms with Gasteiger partial charge in [0.05, 0.1) is 12.2 Å². The van der Waals surface area contributed by atoms with Crippen LogP contribution in [0.5, 0.6) is 0 Å². The summed E-state index contributed by atoms with van der Waals surface area (Å²) in [5.41, 5.74) is 0. The molecule has 0 radical (unpaired) electrons. The lowest BCUT2D eigenvalue weighted by atomic mass is 9.92. The summed E-state index contributed by atoms with van der Waals surface area (Å²) in [6, 6.07) is 0. The zero-order valence-corrected chi connectivity index (χ0v) is 12.5. The molecule has 5 heteroatoms. The molecule has 0 spiro atoms. The highest BCUT2D eigenvalue weighted by Crippen LogP contribution is 2.29. The molecule has 19 heavy (non-hydrogen) atoms. The van der Waals surface area contributed by atoms with Crippen LogP contribution in [0.2, 0.25) is 0 Å². The van der Waals surface area contributed by atoms with Crippen molar-refractivity contribution in [2.45, 2.75) is 63.6 Å². The Labute approximate surface area is 116 Å². The molecule has 0 aromatic carbocycles. The molecule has 5 atom stereocenters. The van der Waals surface area contributed by atoms with E-state index in [2.05, 4.69) is 6.92 Å². The van der Waals surface area contributed by atoms with Gasteiger partial charge in [-0.05, 0) is 26.2 Å². The maximum Gasteiger partial charge on any atom is 0.115 e. The van der Waals surface area contributed by atoms with E-state index in [9.17, 15) is 0 Å². The largest absolute Gasteiger partial charge is 0.396 e. The molecule has 114 valence electrons. The maximum absolute atomic E-state index is 8.97. The highest BCUT2D eigenvalue weighted by Gasteiger charge is 2.45. The summed E-state index contributed by atoms with van der Waals surface area (Å²) in [5, 5.41) is 8.97. The molecule has 0 bridgehead atoms. The quantitative estimate of drug-likeness (QED) is 0.725. The van der Waals surface area contributed by atoms with Crippen LogP contribution in [0, 0.1) is 0 Å². The van der Waals surface area contributed by atoms with Crippen molar-refractivity contribution < 1.29 is 24.1 Å². The molecular weight excluding hydrogens is 248 g/mol. The van der Waals surface area contributed by atoms with E-state index in [1.54, 1.807) is 14.2 Å². The van der Waals surface area contributed by atoms with Gasteiger partial charge in [-0.3, -0.25) is 0 Å². The summed E-state index contributed by atoms with van der Waals surface area (Å²) in [7, 11) is 3.35. The monoisotopic (exact) mass is 276 g/mol. The number of hydrogen-bond donors (Lipinski definition) is 1. The number of ether oxygens (including phenoxy) is 4. The van der Waals surface area contributed by atoms with Gasteiger partial charge in [0.25, 0.3) is 0 Å². The number of aliphatic hydroxyl groups excluding tert-OH is 1. The molecular formula is C14H28O5. The summed E-state index contributed by atoms with van der Waals surface area (Å²) in [6.07, 6.45) is 1.93. The molecule has 0 saturated carbocycles. The first kappa shape index (κ1) is 16.9. The van der Waals surface area contributed by atoms with Gasteiger partial charge in [0.2, 0.25) is 0 Å². The second kappa shape index (κ2) is 8.87. The predicted molar refractivity (Wildman–Crippen MR) is 72.3 cm³/mol. The molecule has 0 aliphatic carbocycles. The van der Waals surface area contributed by atoms with E-state index in [0.717, 1.165) is 12.8 Å². The van der Waals surface area contributed by atoms with Crippen LogP contribution in [-0.4, -0.2) is 63.1 Å². The molecule has 1 fully saturated rings. The Balaban J connectivity index is 2.76. The third kappa shape index (κ3) is 4.39. The van der Waals surface area contributed by atoms with Crippen molar-refractivity contribution in [1.29, 1.82) is 0 Å². The van der Waals surface area contributed by atoms with Gasteiger partial charge in [0, 0.05) is 27.4 Å². The van der Waals surface area contributed by atoms with Crippen LogP contribution in [0.15, 0.2) is 0 Å². The van der Waals surface area contributed by atoms with Crippen LogP contribution >= 0.6 is 0 Å². The van der Waals surface area contributed by atoms with E-state index in [4.69, 9.17) is 24.1 Å². The topological polar surface area (TPSA) is 57.2 Å². The Morgan fingerprint density at radius 3 is 2.32 bits per heavy atom. The van der Waals surface area contributed by atoms with Crippen LogP contribution in [0.4, 0.5) is 0 Å². The molecule has 1 heterocycles. The Hall–Kier alpha value is -0.200. The van der Waals surface area contributed by atoms with Gasteiger partial charge in [0.15, 0.2) is 0 Å². The van der Waals surface area contributed by atoms with Crippen molar-refractivity contribution in [2.75, 3.05) is 27.4 Å². The Kier molecular flexibility index (Phi) is 7.87. The normalized spacial score (nSPS) is 35.5. The van der Waals surface area contributed by atoms with Gasteiger partial charge in [-0.15, -0.1) is 0 Å². The minimum Gasteiger partial charge on any atom is -0.396 e. The molecule has 0 amide bonds. The molecule has 1 rings (SSSR count). The fraction of sp³-hybridized carbons (Fsp3) is 1.00. The summed E-state index contributed by atoms with van der Waals surface area (Å²) < 4.78 is 23.0. The molecule has 5 nitrogen and oxygen atoms in total. The smallest absolute Gasteiger partial charge is 0.115 e. The highest BCUT2D eigenvalue weighted by atomic mass is 16.6. The van der Waals surface area contributed by atoms with E-state index < -0.39 is 0 Å². The Morgan fingerprint density at radius 1 is 1.11 bits per heavy atom. The van der Waals surface area contributed by atoms with Crippen molar-refractivity contribution in [1.82, 2.24) is 0 Å². The van der Waals surface area contributed by atoms with E-state index in [0.29, 0.717) is 13.0 Å². The molecule has 0 aromatic rings. The van der Waals surface area contributed by atoms with Crippen LogP contribution in [0.3, 0.4) is 0 Å². The second-order valence-corrected chi connectivity index (χ2v) is 4.98. The van der Waals surface area contributed by atoms with Gasteiger partial charge in [-0.1, -0.05) is 6.92 Å². The van der Waals surface area contributed by atoms with Crippen molar-refractivity contribution in [3.05, 3.63) is 0 Å². The van der Waals surface area contributed by atoms with Crippen molar-refractivity contribution >= 4 is 0 Å². The van der Waals surface area contributed by atoms with Gasteiger partial charge >= 0.3 is 0 Å². The first-order valence-electron chi connectivity index (χ1n) is 7.13. The lowest BCUT2D eigenvalue weighted by molar-refractivity contribution is -0.245. The van der Waals surface area contributed by atoms with Crippen LogP contribution in [-0.2, 0) is 18.9 Å². The fourth-order valence-corrected chi connectivity index (χ4v) is 2.68. The summed E-state index contributed by atoms with van der Waals surface area (Å²) in [5.74, 6) is 0. The standard InChI is InChI=1S/C14H28O5/c1-5-9-18-14-12(16-3)10(2)19-11(7-6-8-15)13(14)17-4/h10-15H,5-9H2,1-4H3/t10-,11?,12-,13-,14+/m0/s1.